The average molecular weight is 406 g/mol. The maximum atomic E-state index is 12.6. The van der Waals surface area contributed by atoms with Crippen LogP contribution in [0.2, 0.25) is 0 Å². The van der Waals surface area contributed by atoms with E-state index in [0.717, 1.165) is 30.8 Å². The molecule has 154 valence electrons. The lowest BCUT2D eigenvalue weighted by molar-refractivity contribution is -0.137. The van der Waals surface area contributed by atoms with Crippen LogP contribution >= 0.6 is 0 Å². The molecule has 1 aliphatic rings. The quantitative estimate of drug-likeness (QED) is 0.716. The van der Waals surface area contributed by atoms with Gasteiger partial charge >= 0.3 is 12.1 Å². The molecule has 1 aliphatic heterocycles. The molecule has 2 aromatic carbocycles. The van der Waals surface area contributed by atoms with Crippen LogP contribution in [0.1, 0.15) is 21.5 Å². The SMILES string of the molecule is O=C(OCC(=O)N1CCN(Cc2ccccc2)CC1)c1ccc(C(F)(F)F)cc1. The van der Waals surface area contributed by atoms with Gasteiger partial charge in [-0.3, -0.25) is 9.69 Å². The van der Waals surface area contributed by atoms with Crippen LogP contribution in [0.15, 0.2) is 54.6 Å². The van der Waals surface area contributed by atoms with Gasteiger partial charge in [0.1, 0.15) is 0 Å². The van der Waals surface area contributed by atoms with Crippen LogP contribution in [0.5, 0.6) is 0 Å². The summed E-state index contributed by atoms with van der Waals surface area (Å²) >= 11 is 0. The highest BCUT2D eigenvalue weighted by Crippen LogP contribution is 2.29. The topological polar surface area (TPSA) is 49.9 Å². The highest BCUT2D eigenvalue weighted by atomic mass is 19.4. The van der Waals surface area contributed by atoms with Gasteiger partial charge in [-0.05, 0) is 29.8 Å². The number of carbonyl (C=O) groups excluding carboxylic acids is 2. The van der Waals surface area contributed by atoms with Gasteiger partial charge in [-0.1, -0.05) is 30.3 Å². The van der Waals surface area contributed by atoms with Gasteiger partial charge in [-0.2, -0.15) is 13.2 Å². The predicted octanol–water partition coefficient (Wildman–Crippen LogP) is 3.21. The summed E-state index contributed by atoms with van der Waals surface area (Å²) in [6.45, 7) is 2.87. The zero-order valence-corrected chi connectivity index (χ0v) is 15.7. The summed E-state index contributed by atoms with van der Waals surface area (Å²) in [7, 11) is 0. The van der Waals surface area contributed by atoms with Crippen molar-refractivity contribution in [3.05, 3.63) is 71.3 Å². The van der Waals surface area contributed by atoms with Crippen LogP contribution < -0.4 is 0 Å². The molecule has 8 heteroatoms. The lowest BCUT2D eigenvalue weighted by Crippen LogP contribution is -2.49. The standard InChI is InChI=1S/C21H21F3N2O3/c22-21(23,24)18-8-6-17(7-9-18)20(28)29-15-19(27)26-12-10-25(11-13-26)14-16-4-2-1-3-5-16/h1-9H,10-15H2. The van der Waals surface area contributed by atoms with E-state index in [-0.39, 0.29) is 11.5 Å². The largest absolute Gasteiger partial charge is 0.452 e. The number of carbonyl (C=O) groups is 2. The number of esters is 1. The molecule has 0 aromatic heterocycles. The van der Waals surface area contributed by atoms with Crippen LogP contribution in [0.3, 0.4) is 0 Å². The Balaban J connectivity index is 1.43. The molecule has 1 fully saturated rings. The summed E-state index contributed by atoms with van der Waals surface area (Å²) in [4.78, 5) is 28.1. The molecular weight excluding hydrogens is 385 g/mol. The molecule has 0 radical (unpaired) electrons. The van der Waals surface area contributed by atoms with Gasteiger partial charge in [0.25, 0.3) is 5.91 Å². The van der Waals surface area contributed by atoms with E-state index in [1.54, 1.807) is 4.90 Å². The molecule has 0 spiro atoms. The molecule has 0 atom stereocenters. The van der Waals surface area contributed by atoms with E-state index in [4.69, 9.17) is 4.74 Å². The van der Waals surface area contributed by atoms with Crippen molar-refractivity contribution in [2.24, 2.45) is 0 Å². The summed E-state index contributed by atoms with van der Waals surface area (Å²) in [5.74, 6) is -1.14. The molecule has 3 rings (SSSR count). The van der Waals surface area contributed by atoms with E-state index in [1.165, 1.54) is 5.56 Å². The van der Waals surface area contributed by atoms with E-state index >= 15 is 0 Å². The zero-order valence-electron chi connectivity index (χ0n) is 15.7. The van der Waals surface area contributed by atoms with Crippen molar-refractivity contribution in [2.45, 2.75) is 12.7 Å². The summed E-state index contributed by atoms with van der Waals surface area (Å²) < 4.78 is 42.6. The predicted molar refractivity (Wildman–Crippen MR) is 100 cm³/mol. The molecule has 1 saturated heterocycles. The maximum Gasteiger partial charge on any atom is 0.416 e. The second kappa shape index (κ2) is 9.09. The van der Waals surface area contributed by atoms with Crippen LogP contribution in [0.25, 0.3) is 0 Å². The number of amides is 1. The van der Waals surface area contributed by atoms with Crippen LogP contribution in [-0.4, -0.2) is 54.5 Å². The van der Waals surface area contributed by atoms with Crippen molar-refractivity contribution < 1.29 is 27.5 Å². The number of alkyl halides is 3. The summed E-state index contributed by atoms with van der Waals surface area (Å²) in [6, 6.07) is 13.7. The van der Waals surface area contributed by atoms with Gasteiger partial charge in [0.15, 0.2) is 6.61 Å². The highest BCUT2D eigenvalue weighted by Gasteiger charge is 2.30. The van der Waals surface area contributed by atoms with Gasteiger partial charge in [0.2, 0.25) is 0 Å². The van der Waals surface area contributed by atoms with Gasteiger partial charge in [-0.25, -0.2) is 4.79 Å². The fourth-order valence-corrected chi connectivity index (χ4v) is 3.09. The number of benzene rings is 2. The average Bonchev–Trinajstić information content (AvgIpc) is 2.72. The monoisotopic (exact) mass is 406 g/mol. The molecule has 1 heterocycles. The third kappa shape index (κ3) is 5.80. The van der Waals surface area contributed by atoms with Crippen molar-refractivity contribution in [3.63, 3.8) is 0 Å². The summed E-state index contributed by atoms with van der Waals surface area (Å²) in [5.41, 5.74) is 0.328. The molecule has 2 aromatic rings. The van der Waals surface area contributed by atoms with Crippen LogP contribution in [0, 0.1) is 0 Å². The number of rotatable bonds is 5. The Hall–Kier alpha value is -2.87. The first-order chi connectivity index (χ1) is 13.8. The maximum absolute atomic E-state index is 12.6. The molecule has 0 unspecified atom stereocenters. The minimum Gasteiger partial charge on any atom is -0.452 e. The van der Waals surface area contributed by atoms with Crippen LogP contribution in [0.4, 0.5) is 13.2 Å². The Morgan fingerprint density at radius 3 is 2.10 bits per heavy atom. The molecule has 5 nitrogen and oxygen atoms in total. The summed E-state index contributed by atoms with van der Waals surface area (Å²) in [6.07, 6.45) is -4.47. The Bertz CT molecular complexity index is 830. The second-order valence-corrected chi connectivity index (χ2v) is 6.79. The van der Waals surface area contributed by atoms with Crippen molar-refractivity contribution in [1.82, 2.24) is 9.80 Å². The van der Waals surface area contributed by atoms with E-state index in [1.807, 2.05) is 18.2 Å². The number of halogens is 3. The van der Waals surface area contributed by atoms with Crippen molar-refractivity contribution in [3.8, 4) is 0 Å². The van der Waals surface area contributed by atoms with Gasteiger partial charge in [-0.15, -0.1) is 0 Å². The number of piperazine rings is 1. The highest BCUT2D eigenvalue weighted by molar-refractivity contribution is 5.91. The Labute approximate surface area is 166 Å². The van der Waals surface area contributed by atoms with E-state index in [2.05, 4.69) is 17.0 Å². The molecule has 0 saturated carbocycles. The molecule has 0 N–H and O–H groups in total. The lowest BCUT2D eigenvalue weighted by atomic mass is 10.1. The van der Waals surface area contributed by atoms with E-state index < -0.39 is 24.3 Å². The number of hydrogen-bond donors (Lipinski definition) is 0. The summed E-state index contributed by atoms with van der Waals surface area (Å²) in [5, 5.41) is 0. The molecule has 1 amide bonds. The van der Waals surface area contributed by atoms with E-state index in [0.29, 0.717) is 26.2 Å². The Morgan fingerprint density at radius 1 is 0.897 bits per heavy atom. The fraction of sp³-hybridized carbons (Fsp3) is 0.333. The smallest absolute Gasteiger partial charge is 0.416 e. The normalized spacial score (nSPS) is 15.2. The number of nitrogens with zero attached hydrogens (tertiary/aromatic N) is 2. The van der Waals surface area contributed by atoms with Crippen molar-refractivity contribution in [2.75, 3.05) is 32.8 Å². The van der Waals surface area contributed by atoms with E-state index in [9.17, 15) is 22.8 Å². The molecular formula is C21H21F3N2O3. The second-order valence-electron chi connectivity index (χ2n) is 6.79. The molecule has 0 aliphatic carbocycles. The molecule has 0 bridgehead atoms. The van der Waals surface area contributed by atoms with Crippen molar-refractivity contribution in [1.29, 1.82) is 0 Å². The van der Waals surface area contributed by atoms with Gasteiger partial charge in [0, 0.05) is 32.7 Å². The fourth-order valence-electron chi connectivity index (χ4n) is 3.09. The molecule has 29 heavy (non-hydrogen) atoms. The van der Waals surface area contributed by atoms with Crippen LogP contribution in [-0.2, 0) is 22.3 Å². The number of hydrogen-bond acceptors (Lipinski definition) is 4. The van der Waals surface area contributed by atoms with Crippen molar-refractivity contribution >= 4 is 11.9 Å². The first-order valence-electron chi connectivity index (χ1n) is 9.21. The minimum absolute atomic E-state index is 0.0292. The van der Waals surface area contributed by atoms with Gasteiger partial charge in [0.05, 0.1) is 11.1 Å². The van der Waals surface area contributed by atoms with Gasteiger partial charge < -0.3 is 9.64 Å². The first kappa shape index (κ1) is 20.9. The number of ether oxygens (including phenoxy) is 1. The Kier molecular flexibility index (Phi) is 6.53. The lowest BCUT2D eigenvalue weighted by Gasteiger charge is -2.34. The minimum atomic E-state index is -4.47. The third-order valence-corrected chi connectivity index (χ3v) is 4.75. The first-order valence-corrected chi connectivity index (χ1v) is 9.21. The zero-order chi connectivity index (χ0) is 20.9. The third-order valence-electron chi connectivity index (χ3n) is 4.75. The Morgan fingerprint density at radius 2 is 1.52 bits per heavy atom.